The first-order valence-corrected chi connectivity index (χ1v) is 17.9. The van der Waals surface area contributed by atoms with Crippen molar-refractivity contribution in [2.45, 2.75) is 206 Å². The highest BCUT2D eigenvalue weighted by Crippen LogP contribution is 2.16. The van der Waals surface area contributed by atoms with Gasteiger partial charge < -0.3 is 4.48 Å². The van der Waals surface area contributed by atoms with E-state index in [0.29, 0.717) is 0 Å². The highest BCUT2D eigenvalue weighted by molar-refractivity contribution is 4.52. The van der Waals surface area contributed by atoms with Gasteiger partial charge in [-0.25, -0.2) is 0 Å². The molecule has 0 spiro atoms. The van der Waals surface area contributed by atoms with Crippen molar-refractivity contribution >= 4 is 0 Å². The molecule has 0 fully saturated rings. The van der Waals surface area contributed by atoms with Crippen molar-refractivity contribution in [2.75, 3.05) is 27.2 Å². The molecule has 0 unspecified atom stereocenters. The summed E-state index contributed by atoms with van der Waals surface area (Å²) < 4.78 is 1.25. The molecule has 0 saturated carbocycles. The van der Waals surface area contributed by atoms with Crippen LogP contribution in [0.1, 0.15) is 206 Å². The van der Waals surface area contributed by atoms with Crippen LogP contribution < -0.4 is 0 Å². The Morgan fingerprint density at radius 2 is 0.405 bits per heavy atom. The van der Waals surface area contributed by atoms with E-state index in [1.54, 1.807) is 0 Å². The van der Waals surface area contributed by atoms with Crippen LogP contribution >= 0.6 is 0 Å². The molecule has 0 atom stereocenters. The molecule has 1 nitrogen and oxygen atoms in total. The number of rotatable bonds is 32. The molecule has 0 aliphatic heterocycles. The van der Waals surface area contributed by atoms with Crippen molar-refractivity contribution in [1.82, 2.24) is 0 Å². The average molecular weight is 523 g/mol. The van der Waals surface area contributed by atoms with Gasteiger partial charge in [0.15, 0.2) is 0 Å². The summed E-state index contributed by atoms with van der Waals surface area (Å²) in [7, 11) is 4.92. The van der Waals surface area contributed by atoms with Crippen LogP contribution in [0.2, 0.25) is 0 Å². The van der Waals surface area contributed by atoms with Crippen molar-refractivity contribution in [3.8, 4) is 0 Å². The van der Waals surface area contributed by atoms with Gasteiger partial charge in [-0.3, -0.25) is 0 Å². The third-order valence-corrected chi connectivity index (χ3v) is 8.73. The molecule has 224 valence electrons. The van der Waals surface area contributed by atoms with Gasteiger partial charge in [0.25, 0.3) is 0 Å². The van der Waals surface area contributed by atoms with Crippen LogP contribution in [0.5, 0.6) is 0 Å². The van der Waals surface area contributed by atoms with Gasteiger partial charge in [0.1, 0.15) is 0 Å². The maximum atomic E-state index is 2.46. The van der Waals surface area contributed by atoms with Gasteiger partial charge in [-0.2, -0.15) is 0 Å². The minimum Gasteiger partial charge on any atom is -0.328 e. The van der Waals surface area contributed by atoms with Gasteiger partial charge in [0.2, 0.25) is 0 Å². The second-order valence-corrected chi connectivity index (χ2v) is 13.3. The predicted octanol–water partition coefficient (Wildman–Crippen LogP) is 12.8. The molecule has 1 heteroatoms. The summed E-state index contributed by atoms with van der Waals surface area (Å²) >= 11 is 0. The van der Waals surface area contributed by atoms with E-state index in [2.05, 4.69) is 27.9 Å². The van der Waals surface area contributed by atoms with Crippen LogP contribution in [-0.4, -0.2) is 31.7 Å². The molecule has 0 aromatic carbocycles. The largest absolute Gasteiger partial charge is 0.328 e. The standard InChI is InChI=1S/C36H76N/c1-5-7-9-11-13-15-17-18-19-20-21-22-23-24-25-26-28-30-32-34-36-37(3,4)35-33-31-29-27-16-14-12-10-8-6-2/h5-36H2,1-4H3/q+1. The summed E-state index contributed by atoms with van der Waals surface area (Å²) in [6, 6.07) is 0. The van der Waals surface area contributed by atoms with Crippen molar-refractivity contribution in [2.24, 2.45) is 0 Å². The van der Waals surface area contributed by atoms with Crippen molar-refractivity contribution in [1.29, 1.82) is 0 Å². The summed E-state index contributed by atoms with van der Waals surface area (Å²) in [6.45, 7) is 7.39. The van der Waals surface area contributed by atoms with Gasteiger partial charge in [-0.05, 0) is 25.7 Å². The maximum absolute atomic E-state index is 2.46. The van der Waals surface area contributed by atoms with Crippen LogP contribution in [0, 0.1) is 0 Å². The maximum Gasteiger partial charge on any atom is 0.0782 e. The molecule has 0 aromatic heterocycles. The number of hydrogen-bond donors (Lipinski definition) is 0. The summed E-state index contributed by atoms with van der Waals surface area (Å²) in [6.07, 6.45) is 43.9. The van der Waals surface area contributed by atoms with Crippen LogP contribution in [0.25, 0.3) is 0 Å². The SMILES string of the molecule is CCCCCCCCCCCCCCCCCCCCCC[N+](C)(C)CCCCCCCCCCCC. The first kappa shape index (κ1) is 37.0. The Kier molecular flexibility index (Phi) is 30.5. The first-order valence-electron chi connectivity index (χ1n) is 17.9. The van der Waals surface area contributed by atoms with E-state index in [4.69, 9.17) is 0 Å². The highest BCUT2D eigenvalue weighted by Gasteiger charge is 2.13. The second-order valence-electron chi connectivity index (χ2n) is 13.3. The van der Waals surface area contributed by atoms with E-state index < -0.39 is 0 Å². The van der Waals surface area contributed by atoms with E-state index in [1.807, 2.05) is 0 Å². The highest BCUT2D eigenvalue weighted by atomic mass is 15.3. The van der Waals surface area contributed by atoms with E-state index >= 15 is 0 Å². The Hall–Kier alpha value is -0.0400. The Bertz CT molecular complexity index is 401. The number of hydrogen-bond acceptors (Lipinski definition) is 0. The predicted molar refractivity (Wildman–Crippen MR) is 172 cm³/mol. The van der Waals surface area contributed by atoms with Crippen molar-refractivity contribution < 1.29 is 4.48 Å². The van der Waals surface area contributed by atoms with E-state index in [-0.39, 0.29) is 0 Å². The normalized spacial score (nSPS) is 12.0. The molecule has 0 aliphatic rings. The molecule has 0 radical (unpaired) electrons. The zero-order valence-corrected chi connectivity index (χ0v) is 27.1. The second kappa shape index (κ2) is 30.5. The van der Waals surface area contributed by atoms with Gasteiger partial charge in [0.05, 0.1) is 27.2 Å². The van der Waals surface area contributed by atoms with Crippen LogP contribution in [0.4, 0.5) is 0 Å². The van der Waals surface area contributed by atoms with Crippen LogP contribution in [-0.2, 0) is 0 Å². The lowest BCUT2D eigenvalue weighted by atomic mass is 10.0. The molecule has 37 heavy (non-hydrogen) atoms. The molecule has 0 aliphatic carbocycles. The van der Waals surface area contributed by atoms with Gasteiger partial charge >= 0.3 is 0 Å². The molecule has 0 rings (SSSR count). The fraction of sp³-hybridized carbons (Fsp3) is 1.00. The summed E-state index contributed by atoms with van der Waals surface area (Å²) in [5.74, 6) is 0. The zero-order valence-electron chi connectivity index (χ0n) is 27.1. The summed E-state index contributed by atoms with van der Waals surface area (Å²) in [4.78, 5) is 0. The van der Waals surface area contributed by atoms with Gasteiger partial charge in [-0.15, -0.1) is 0 Å². The quantitative estimate of drug-likeness (QED) is 0.0608. The molecule has 0 bridgehead atoms. The fourth-order valence-corrected chi connectivity index (χ4v) is 5.93. The van der Waals surface area contributed by atoms with Gasteiger partial charge in [0, 0.05) is 0 Å². The minimum atomic E-state index is 1.25. The minimum absolute atomic E-state index is 1.25. The number of nitrogens with zero attached hydrogens (tertiary/aromatic N) is 1. The zero-order chi connectivity index (χ0) is 27.1. The van der Waals surface area contributed by atoms with E-state index in [9.17, 15) is 0 Å². The number of unbranched alkanes of at least 4 members (excludes halogenated alkanes) is 28. The Labute approximate surface area is 237 Å². The van der Waals surface area contributed by atoms with Crippen molar-refractivity contribution in [3.63, 3.8) is 0 Å². The third kappa shape index (κ3) is 32.1. The molecule has 0 aromatic rings. The Balaban J connectivity index is 3.24. The lowest BCUT2D eigenvalue weighted by molar-refractivity contribution is -0.890. The third-order valence-electron chi connectivity index (χ3n) is 8.73. The lowest BCUT2D eigenvalue weighted by Gasteiger charge is -2.30. The van der Waals surface area contributed by atoms with E-state index in [1.165, 1.54) is 210 Å². The molecule has 0 heterocycles. The molecule has 0 amide bonds. The monoisotopic (exact) mass is 523 g/mol. The molecule has 0 N–H and O–H groups in total. The average Bonchev–Trinajstić information content (AvgIpc) is 2.88. The smallest absolute Gasteiger partial charge is 0.0782 e. The molecular formula is C36H76N+. The number of quaternary nitrogens is 1. The summed E-state index contributed by atoms with van der Waals surface area (Å²) in [5, 5.41) is 0. The van der Waals surface area contributed by atoms with Gasteiger partial charge in [-0.1, -0.05) is 181 Å². The van der Waals surface area contributed by atoms with E-state index in [0.717, 1.165) is 0 Å². The summed E-state index contributed by atoms with van der Waals surface area (Å²) in [5.41, 5.74) is 0. The Morgan fingerprint density at radius 3 is 0.595 bits per heavy atom. The first-order chi connectivity index (χ1) is 18.1. The van der Waals surface area contributed by atoms with Crippen LogP contribution in [0.3, 0.4) is 0 Å². The Morgan fingerprint density at radius 1 is 0.243 bits per heavy atom. The molecule has 0 saturated heterocycles. The fourth-order valence-electron chi connectivity index (χ4n) is 5.93. The van der Waals surface area contributed by atoms with Crippen molar-refractivity contribution in [3.05, 3.63) is 0 Å². The topological polar surface area (TPSA) is 0 Å². The molecular weight excluding hydrogens is 446 g/mol. The van der Waals surface area contributed by atoms with Crippen LogP contribution in [0.15, 0.2) is 0 Å². The lowest BCUT2D eigenvalue weighted by Crippen LogP contribution is -2.41.